The van der Waals surface area contributed by atoms with Gasteiger partial charge < -0.3 is 16.2 Å². The Morgan fingerprint density at radius 3 is 2.67 bits per heavy atom. The first-order chi connectivity index (χ1) is 9.90. The highest BCUT2D eigenvalue weighted by Crippen LogP contribution is 2.40. The quantitative estimate of drug-likeness (QED) is 0.746. The number of benzene rings is 1. The minimum absolute atomic E-state index is 0.0462. The van der Waals surface area contributed by atoms with Gasteiger partial charge in [0.25, 0.3) is 0 Å². The number of rotatable bonds is 4. The molecule has 1 aliphatic rings. The molecule has 4 N–H and O–H groups in total. The first-order valence-electron chi connectivity index (χ1n) is 7.71. The molecule has 1 saturated carbocycles. The molecule has 0 aromatic heterocycles. The van der Waals surface area contributed by atoms with E-state index in [2.05, 4.69) is 19.2 Å². The number of hydrogen-bond donors (Lipinski definition) is 3. The number of nitrogens with one attached hydrogen (secondary N) is 1. The fraction of sp³-hybridized carbons (Fsp3) is 0.588. The van der Waals surface area contributed by atoms with Gasteiger partial charge in [0.05, 0.1) is 6.10 Å². The van der Waals surface area contributed by atoms with Crippen LogP contribution in [0.5, 0.6) is 0 Å². The predicted molar refractivity (Wildman–Crippen MR) is 84.6 cm³/mol. The van der Waals surface area contributed by atoms with Crippen molar-refractivity contribution in [1.82, 2.24) is 5.32 Å². The van der Waals surface area contributed by atoms with Crippen LogP contribution in [0.1, 0.15) is 51.2 Å². The standard InChI is InChI=1S/C17H26N2O2/c1-17(2)10-4-3-5-14(17)16(21)19-11-15(20)12-6-8-13(18)9-7-12/h6-9,14-15,20H,3-5,10-11,18H2,1-2H3,(H,19,21). The molecule has 2 unspecified atom stereocenters. The number of aliphatic hydroxyl groups excluding tert-OH is 1. The number of anilines is 1. The summed E-state index contributed by atoms with van der Waals surface area (Å²) < 4.78 is 0. The first kappa shape index (κ1) is 15.8. The van der Waals surface area contributed by atoms with Gasteiger partial charge in [-0.2, -0.15) is 0 Å². The highest BCUT2D eigenvalue weighted by atomic mass is 16.3. The molecule has 1 aromatic rings. The van der Waals surface area contributed by atoms with Crippen LogP contribution in [0.25, 0.3) is 0 Å². The summed E-state index contributed by atoms with van der Waals surface area (Å²) in [6, 6.07) is 7.09. The molecule has 1 fully saturated rings. The fourth-order valence-corrected chi connectivity index (χ4v) is 3.14. The maximum atomic E-state index is 12.4. The van der Waals surface area contributed by atoms with Crippen LogP contribution < -0.4 is 11.1 Å². The van der Waals surface area contributed by atoms with Crippen molar-refractivity contribution in [2.24, 2.45) is 11.3 Å². The topological polar surface area (TPSA) is 75.3 Å². The van der Waals surface area contributed by atoms with Crippen LogP contribution in [-0.4, -0.2) is 17.6 Å². The third kappa shape index (κ3) is 3.97. The van der Waals surface area contributed by atoms with E-state index in [4.69, 9.17) is 5.73 Å². The Balaban J connectivity index is 1.90. The number of nitrogens with two attached hydrogens (primary N) is 1. The third-order valence-corrected chi connectivity index (χ3v) is 4.61. The van der Waals surface area contributed by atoms with Crippen LogP contribution in [0.3, 0.4) is 0 Å². The van der Waals surface area contributed by atoms with E-state index in [9.17, 15) is 9.90 Å². The molecule has 0 aliphatic heterocycles. The molecule has 0 bridgehead atoms. The molecule has 1 aromatic carbocycles. The molecule has 116 valence electrons. The Kier molecular flexibility index (Phi) is 4.88. The molecule has 0 saturated heterocycles. The Labute approximate surface area is 126 Å². The number of carbonyl (C=O) groups excluding carboxylic acids is 1. The average Bonchev–Trinajstić information content (AvgIpc) is 2.44. The van der Waals surface area contributed by atoms with Crippen molar-refractivity contribution >= 4 is 11.6 Å². The Morgan fingerprint density at radius 2 is 2.05 bits per heavy atom. The molecule has 21 heavy (non-hydrogen) atoms. The summed E-state index contributed by atoms with van der Waals surface area (Å²) in [5.41, 5.74) is 7.11. The van der Waals surface area contributed by atoms with Crippen molar-refractivity contribution < 1.29 is 9.90 Å². The lowest BCUT2D eigenvalue weighted by atomic mass is 9.68. The van der Waals surface area contributed by atoms with Crippen molar-refractivity contribution in [2.75, 3.05) is 12.3 Å². The minimum Gasteiger partial charge on any atom is -0.399 e. The molecule has 2 rings (SSSR count). The number of amides is 1. The van der Waals surface area contributed by atoms with Crippen LogP contribution in [0.2, 0.25) is 0 Å². The normalized spacial score (nSPS) is 22.5. The largest absolute Gasteiger partial charge is 0.399 e. The van der Waals surface area contributed by atoms with Gasteiger partial charge in [-0.15, -0.1) is 0 Å². The number of aliphatic hydroxyl groups is 1. The van der Waals surface area contributed by atoms with Crippen molar-refractivity contribution in [2.45, 2.75) is 45.6 Å². The summed E-state index contributed by atoms with van der Waals surface area (Å²) in [6.45, 7) is 4.56. The number of carbonyl (C=O) groups is 1. The van der Waals surface area contributed by atoms with E-state index in [1.807, 2.05) is 0 Å². The summed E-state index contributed by atoms with van der Waals surface area (Å²) in [7, 11) is 0. The SMILES string of the molecule is CC1(C)CCCCC1C(=O)NCC(O)c1ccc(N)cc1. The summed E-state index contributed by atoms with van der Waals surface area (Å²) >= 11 is 0. The van der Waals surface area contributed by atoms with Crippen LogP contribution in [-0.2, 0) is 4.79 Å². The molecule has 4 nitrogen and oxygen atoms in total. The zero-order valence-electron chi connectivity index (χ0n) is 12.9. The summed E-state index contributed by atoms with van der Waals surface area (Å²) in [5, 5.41) is 13.0. The van der Waals surface area contributed by atoms with Gasteiger partial charge >= 0.3 is 0 Å². The lowest BCUT2D eigenvalue weighted by Crippen LogP contribution is -2.42. The summed E-state index contributed by atoms with van der Waals surface area (Å²) in [4.78, 5) is 12.4. The van der Waals surface area contributed by atoms with E-state index < -0.39 is 6.10 Å². The van der Waals surface area contributed by atoms with Crippen molar-refractivity contribution in [3.63, 3.8) is 0 Å². The second-order valence-corrected chi connectivity index (χ2v) is 6.71. The third-order valence-electron chi connectivity index (χ3n) is 4.61. The van der Waals surface area contributed by atoms with E-state index in [0.29, 0.717) is 5.69 Å². The molecular weight excluding hydrogens is 264 g/mol. The second kappa shape index (κ2) is 6.48. The van der Waals surface area contributed by atoms with Gasteiger partial charge in [0.2, 0.25) is 5.91 Å². The van der Waals surface area contributed by atoms with E-state index in [1.165, 1.54) is 6.42 Å². The summed E-state index contributed by atoms with van der Waals surface area (Å²) in [5.74, 6) is 0.110. The van der Waals surface area contributed by atoms with Gasteiger partial charge in [-0.3, -0.25) is 4.79 Å². The van der Waals surface area contributed by atoms with Crippen molar-refractivity contribution in [1.29, 1.82) is 0 Å². The van der Waals surface area contributed by atoms with E-state index >= 15 is 0 Å². The predicted octanol–water partition coefficient (Wildman–Crippen LogP) is 2.63. The number of nitrogen functional groups attached to an aromatic ring is 1. The fourth-order valence-electron chi connectivity index (χ4n) is 3.14. The first-order valence-corrected chi connectivity index (χ1v) is 7.71. The smallest absolute Gasteiger partial charge is 0.223 e. The number of hydrogen-bond acceptors (Lipinski definition) is 3. The second-order valence-electron chi connectivity index (χ2n) is 6.71. The van der Waals surface area contributed by atoms with Crippen LogP contribution >= 0.6 is 0 Å². The van der Waals surface area contributed by atoms with Gasteiger partial charge in [-0.1, -0.05) is 38.8 Å². The van der Waals surface area contributed by atoms with E-state index in [-0.39, 0.29) is 23.8 Å². The van der Waals surface area contributed by atoms with Crippen molar-refractivity contribution in [3.05, 3.63) is 29.8 Å². The minimum atomic E-state index is -0.693. The molecule has 0 heterocycles. The lowest BCUT2D eigenvalue weighted by molar-refractivity contribution is -0.130. The lowest BCUT2D eigenvalue weighted by Gasteiger charge is -2.37. The Morgan fingerprint density at radius 1 is 1.38 bits per heavy atom. The van der Waals surface area contributed by atoms with Gasteiger partial charge in [0.1, 0.15) is 0 Å². The van der Waals surface area contributed by atoms with Gasteiger partial charge in [0, 0.05) is 18.2 Å². The Hall–Kier alpha value is -1.55. The highest BCUT2D eigenvalue weighted by Gasteiger charge is 2.37. The van der Waals surface area contributed by atoms with E-state index in [1.54, 1.807) is 24.3 Å². The van der Waals surface area contributed by atoms with Crippen LogP contribution in [0, 0.1) is 11.3 Å². The molecule has 1 amide bonds. The van der Waals surface area contributed by atoms with Gasteiger partial charge in [-0.05, 0) is 36.0 Å². The molecular formula is C17H26N2O2. The zero-order valence-corrected chi connectivity index (χ0v) is 12.9. The Bertz CT molecular complexity index is 482. The maximum absolute atomic E-state index is 12.4. The summed E-state index contributed by atoms with van der Waals surface area (Å²) in [6.07, 6.45) is 3.65. The van der Waals surface area contributed by atoms with Crippen molar-refractivity contribution in [3.8, 4) is 0 Å². The van der Waals surface area contributed by atoms with E-state index in [0.717, 1.165) is 24.8 Å². The zero-order chi connectivity index (χ0) is 15.5. The average molecular weight is 290 g/mol. The molecule has 0 spiro atoms. The molecule has 2 atom stereocenters. The molecule has 0 radical (unpaired) electrons. The highest BCUT2D eigenvalue weighted by molar-refractivity contribution is 5.79. The van der Waals surface area contributed by atoms with Crippen LogP contribution in [0.4, 0.5) is 5.69 Å². The maximum Gasteiger partial charge on any atom is 0.223 e. The van der Waals surface area contributed by atoms with Crippen LogP contribution in [0.15, 0.2) is 24.3 Å². The molecule has 1 aliphatic carbocycles. The molecule has 4 heteroatoms. The van der Waals surface area contributed by atoms with Gasteiger partial charge in [0.15, 0.2) is 0 Å². The van der Waals surface area contributed by atoms with Gasteiger partial charge in [-0.25, -0.2) is 0 Å². The monoisotopic (exact) mass is 290 g/mol.